The maximum atomic E-state index is 11.8. The average molecular weight is 314 g/mol. The number of nitrogen functional groups attached to an aromatic ring is 1. The summed E-state index contributed by atoms with van der Waals surface area (Å²) in [5, 5.41) is 9.15. The van der Waals surface area contributed by atoms with Crippen molar-refractivity contribution in [3.05, 3.63) is 20.8 Å². The summed E-state index contributed by atoms with van der Waals surface area (Å²) in [5.41, 5.74) is 4.53. The van der Waals surface area contributed by atoms with Gasteiger partial charge in [-0.15, -0.1) is 11.8 Å². The van der Waals surface area contributed by atoms with Crippen LogP contribution in [0.15, 0.2) is 14.6 Å². The van der Waals surface area contributed by atoms with Crippen LogP contribution in [-0.4, -0.2) is 31.0 Å². The van der Waals surface area contributed by atoms with Gasteiger partial charge in [-0.3, -0.25) is 18.7 Å². The highest BCUT2D eigenvalue weighted by atomic mass is 32.2. The van der Waals surface area contributed by atoms with Gasteiger partial charge in [0.05, 0.1) is 5.04 Å². The van der Waals surface area contributed by atoms with E-state index in [1.807, 2.05) is 0 Å². The van der Waals surface area contributed by atoms with Crippen molar-refractivity contribution in [2.45, 2.75) is 19.8 Å². The van der Waals surface area contributed by atoms with Crippen molar-refractivity contribution in [1.82, 2.24) is 9.13 Å². The smallest absolute Gasteiger partial charge is 0.332 e. The van der Waals surface area contributed by atoms with Gasteiger partial charge in [-0.05, 0) is 19.1 Å². The number of carbonyl (C=O) groups is 1. The van der Waals surface area contributed by atoms with Crippen LogP contribution in [0.1, 0.15) is 19.8 Å². The predicted molar refractivity (Wildman–Crippen MR) is 83.4 cm³/mol. The Bertz CT molecular complexity index is 652. The quantitative estimate of drug-likeness (QED) is 0.458. The van der Waals surface area contributed by atoms with Gasteiger partial charge in [-0.1, -0.05) is 0 Å². The highest BCUT2D eigenvalue weighted by molar-refractivity contribution is 8.13. The first-order valence-corrected chi connectivity index (χ1v) is 7.19. The lowest BCUT2D eigenvalue weighted by atomic mass is 10.3. The van der Waals surface area contributed by atoms with E-state index in [0.29, 0.717) is 17.2 Å². The molecule has 0 unspecified atom stereocenters. The van der Waals surface area contributed by atoms with E-state index in [4.69, 9.17) is 10.8 Å². The van der Waals surface area contributed by atoms with E-state index < -0.39 is 17.2 Å². The molecule has 0 fully saturated rings. The molecule has 0 amide bonds. The molecule has 8 nitrogen and oxygen atoms in total. The number of hydrogen-bond donors (Lipinski definition) is 2. The van der Waals surface area contributed by atoms with Crippen molar-refractivity contribution < 1.29 is 9.90 Å². The Labute approximate surface area is 125 Å². The number of carboxylic acid groups (broad SMARTS) is 1. The molecular formula is C12H18N4O4S. The fraction of sp³-hybridized carbons (Fsp3) is 0.500. The van der Waals surface area contributed by atoms with Crippen molar-refractivity contribution in [3.63, 3.8) is 0 Å². The lowest BCUT2D eigenvalue weighted by molar-refractivity contribution is -0.137. The molecule has 0 bridgehead atoms. The number of nitrogens with zero attached hydrogens (tertiary/aromatic N) is 3. The fourth-order valence-corrected chi connectivity index (χ4v) is 2.35. The topological polar surface area (TPSA) is 120 Å². The minimum absolute atomic E-state index is 0.0901. The van der Waals surface area contributed by atoms with Crippen LogP contribution in [-0.2, 0) is 18.9 Å². The Hall–Kier alpha value is -2.03. The van der Waals surface area contributed by atoms with Gasteiger partial charge in [0, 0.05) is 20.5 Å². The van der Waals surface area contributed by atoms with Gasteiger partial charge < -0.3 is 10.8 Å². The molecule has 1 aromatic rings. The highest BCUT2D eigenvalue weighted by Crippen LogP contribution is 2.18. The molecule has 3 N–H and O–H groups in total. The van der Waals surface area contributed by atoms with Gasteiger partial charge in [0.15, 0.2) is 5.82 Å². The highest BCUT2D eigenvalue weighted by Gasteiger charge is 2.12. The largest absolute Gasteiger partial charge is 0.481 e. The third kappa shape index (κ3) is 4.22. The number of carboxylic acids is 1. The zero-order valence-electron chi connectivity index (χ0n) is 12.1. The zero-order chi connectivity index (χ0) is 16.2. The van der Waals surface area contributed by atoms with E-state index in [9.17, 15) is 14.4 Å². The first kappa shape index (κ1) is 17.0. The number of aromatic nitrogens is 2. The summed E-state index contributed by atoms with van der Waals surface area (Å²) in [7, 11) is 2.83. The molecule has 0 radical (unpaired) electrons. The van der Waals surface area contributed by atoms with Crippen LogP contribution in [0.25, 0.3) is 0 Å². The molecule has 0 aliphatic rings. The summed E-state index contributed by atoms with van der Waals surface area (Å²) in [4.78, 5) is 38.2. The molecular weight excluding hydrogens is 296 g/mol. The summed E-state index contributed by atoms with van der Waals surface area (Å²) < 4.78 is 2.13. The first-order valence-electron chi connectivity index (χ1n) is 6.21. The lowest BCUT2D eigenvalue weighted by Crippen LogP contribution is -2.38. The normalized spacial score (nSPS) is 11.7. The number of anilines is 1. The zero-order valence-corrected chi connectivity index (χ0v) is 12.9. The maximum absolute atomic E-state index is 11.8. The van der Waals surface area contributed by atoms with Crippen LogP contribution >= 0.6 is 11.8 Å². The van der Waals surface area contributed by atoms with Crippen LogP contribution in [0.5, 0.6) is 0 Å². The van der Waals surface area contributed by atoms with Gasteiger partial charge in [0.2, 0.25) is 0 Å². The number of hydrogen-bond acceptors (Lipinski definition) is 6. The molecule has 0 aliphatic heterocycles. The summed E-state index contributed by atoms with van der Waals surface area (Å²) in [6, 6.07) is 0. The van der Waals surface area contributed by atoms with Crippen LogP contribution in [0.4, 0.5) is 11.5 Å². The standard InChI is InChI=1S/C12H18N4O4S/c1-7(21-6-4-5-8(17)18)14-10-9(13)11(19)16(3)12(20)15(10)2/h4-6,13H2,1-3H3,(H,17,18)/b14-7+. The van der Waals surface area contributed by atoms with Crippen molar-refractivity contribution >= 4 is 34.3 Å². The van der Waals surface area contributed by atoms with E-state index in [1.54, 1.807) is 6.92 Å². The van der Waals surface area contributed by atoms with Gasteiger partial charge >= 0.3 is 11.7 Å². The molecule has 0 saturated heterocycles. The van der Waals surface area contributed by atoms with Crippen molar-refractivity contribution in [2.24, 2.45) is 19.1 Å². The minimum Gasteiger partial charge on any atom is -0.481 e. The predicted octanol–water partition coefficient (Wildman–Crippen LogP) is 0.314. The molecule has 0 aliphatic carbocycles. The number of nitrogens with two attached hydrogens (primary N) is 1. The van der Waals surface area contributed by atoms with E-state index in [-0.39, 0.29) is 17.9 Å². The third-order valence-electron chi connectivity index (χ3n) is 2.78. The molecule has 1 rings (SSSR count). The second-order valence-electron chi connectivity index (χ2n) is 4.42. The van der Waals surface area contributed by atoms with Crippen LogP contribution in [0.2, 0.25) is 0 Å². The van der Waals surface area contributed by atoms with E-state index in [1.165, 1.54) is 30.4 Å². The SMILES string of the molecule is C/C(=N\c1c(N)c(=O)n(C)c(=O)n1C)SCCCC(=O)O. The van der Waals surface area contributed by atoms with Gasteiger partial charge in [0.1, 0.15) is 5.69 Å². The molecule has 0 atom stereocenters. The Morgan fingerprint density at radius 3 is 2.52 bits per heavy atom. The van der Waals surface area contributed by atoms with E-state index >= 15 is 0 Å². The molecule has 1 aromatic heterocycles. The Morgan fingerprint density at radius 2 is 1.95 bits per heavy atom. The molecule has 1 heterocycles. The van der Waals surface area contributed by atoms with Crippen LogP contribution in [0.3, 0.4) is 0 Å². The first-order chi connectivity index (χ1) is 9.75. The van der Waals surface area contributed by atoms with E-state index in [0.717, 1.165) is 4.57 Å². The van der Waals surface area contributed by atoms with Crippen molar-refractivity contribution in [2.75, 3.05) is 11.5 Å². The average Bonchev–Trinajstić information content (AvgIpc) is 2.44. The lowest BCUT2D eigenvalue weighted by Gasteiger charge is -2.09. The number of aliphatic imine (C=N–C) groups is 1. The molecule has 21 heavy (non-hydrogen) atoms. The summed E-state index contributed by atoms with van der Waals surface area (Å²) in [6.45, 7) is 1.72. The third-order valence-corrected chi connectivity index (χ3v) is 3.78. The second kappa shape index (κ2) is 7.11. The Kier molecular flexibility index (Phi) is 5.77. The number of thioether (sulfide) groups is 1. The van der Waals surface area contributed by atoms with Crippen molar-refractivity contribution in [1.29, 1.82) is 0 Å². The van der Waals surface area contributed by atoms with Gasteiger partial charge in [-0.25, -0.2) is 9.79 Å². The van der Waals surface area contributed by atoms with Crippen LogP contribution < -0.4 is 17.0 Å². The summed E-state index contributed by atoms with van der Waals surface area (Å²) in [6.07, 6.45) is 0.602. The van der Waals surface area contributed by atoms with Crippen LogP contribution in [0, 0.1) is 0 Å². The minimum atomic E-state index is -0.844. The van der Waals surface area contributed by atoms with Gasteiger partial charge in [-0.2, -0.15) is 0 Å². The van der Waals surface area contributed by atoms with Gasteiger partial charge in [0.25, 0.3) is 5.56 Å². The molecule has 0 spiro atoms. The van der Waals surface area contributed by atoms with E-state index in [2.05, 4.69) is 4.99 Å². The van der Waals surface area contributed by atoms with Crippen molar-refractivity contribution in [3.8, 4) is 0 Å². The molecule has 116 valence electrons. The molecule has 0 saturated carbocycles. The Morgan fingerprint density at radius 1 is 1.33 bits per heavy atom. The monoisotopic (exact) mass is 314 g/mol. The fourth-order valence-electron chi connectivity index (χ4n) is 1.62. The molecule has 0 aromatic carbocycles. The summed E-state index contributed by atoms with van der Waals surface area (Å²) >= 11 is 1.35. The summed E-state index contributed by atoms with van der Waals surface area (Å²) in [5.74, 6) is -0.143. The maximum Gasteiger partial charge on any atom is 0.332 e. The second-order valence-corrected chi connectivity index (χ2v) is 5.71. The Balaban J connectivity index is 2.97. The number of aliphatic carboxylic acids is 1. The number of rotatable bonds is 5. The molecule has 9 heteroatoms.